The largest absolute Gasteiger partial charge is 0.444 e. The third-order valence-electron chi connectivity index (χ3n) is 3.20. The fraction of sp³-hybridized carbons (Fsp3) is 0.875. The van der Waals surface area contributed by atoms with Crippen molar-refractivity contribution in [3.63, 3.8) is 0 Å². The predicted octanol–water partition coefficient (Wildman–Crippen LogP) is 2.94. The highest BCUT2D eigenvalue weighted by molar-refractivity contribution is 5.77. The van der Waals surface area contributed by atoms with Crippen molar-refractivity contribution in [1.29, 1.82) is 0 Å². The molecule has 1 rings (SSSR count). The number of carbonyl (C=O) groups excluding carboxylic acids is 2. The second kappa shape index (κ2) is 6.67. The molecule has 5 nitrogen and oxygen atoms in total. The van der Waals surface area contributed by atoms with E-state index < -0.39 is 5.60 Å². The van der Waals surface area contributed by atoms with Crippen LogP contribution >= 0.6 is 0 Å². The van der Waals surface area contributed by atoms with Crippen LogP contribution in [-0.4, -0.2) is 41.6 Å². The van der Waals surface area contributed by atoms with Crippen molar-refractivity contribution in [2.45, 2.75) is 72.4 Å². The van der Waals surface area contributed by atoms with Crippen LogP contribution in [0.15, 0.2) is 0 Å². The van der Waals surface area contributed by atoms with Gasteiger partial charge in [0.05, 0.1) is 0 Å². The molecule has 0 bridgehead atoms. The van der Waals surface area contributed by atoms with Gasteiger partial charge in [0.1, 0.15) is 5.60 Å². The first-order chi connectivity index (χ1) is 9.46. The predicted molar refractivity (Wildman–Crippen MR) is 83.0 cm³/mol. The lowest BCUT2D eigenvalue weighted by molar-refractivity contribution is -0.123. The van der Waals surface area contributed by atoms with Gasteiger partial charge in [0.15, 0.2) is 0 Å². The Morgan fingerprint density at radius 2 is 1.62 bits per heavy atom. The summed E-state index contributed by atoms with van der Waals surface area (Å²) >= 11 is 0. The highest BCUT2D eigenvalue weighted by Crippen LogP contribution is 2.19. The molecule has 0 aromatic carbocycles. The van der Waals surface area contributed by atoms with E-state index in [9.17, 15) is 9.59 Å². The van der Waals surface area contributed by atoms with Crippen molar-refractivity contribution in [2.24, 2.45) is 5.41 Å². The number of carbonyl (C=O) groups is 2. The Kier molecular flexibility index (Phi) is 5.65. The Bertz CT molecular complexity index is 372. The average Bonchev–Trinajstić information content (AvgIpc) is 2.24. The zero-order chi connectivity index (χ0) is 16.3. The van der Waals surface area contributed by atoms with Gasteiger partial charge >= 0.3 is 6.09 Å². The Balaban J connectivity index is 2.35. The third kappa shape index (κ3) is 7.34. The van der Waals surface area contributed by atoms with E-state index in [0.29, 0.717) is 19.5 Å². The summed E-state index contributed by atoms with van der Waals surface area (Å²) < 4.78 is 5.36. The second-order valence-corrected chi connectivity index (χ2v) is 8.05. The van der Waals surface area contributed by atoms with Gasteiger partial charge in [-0.1, -0.05) is 20.8 Å². The second-order valence-electron chi connectivity index (χ2n) is 8.05. The van der Waals surface area contributed by atoms with Crippen LogP contribution < -0.4 is 5.32 Å². The molecule has 0 aromatic heterocycles. The molecule has 0 saturated carbocycles. The van der Waals surface area contributed by atoms with Gasteiger partial charge in [-0.15, -0.1) is 0 Å². The normalized spacial score (nSPS) is 17.5. The molecular formula is C16H30N2O3. The number of amides is 2. The molecule has 0 aliphatic carbocycles. The van der Waals surface area contributed by atoms with Gasteiger partial charge in [-0.2, -0.15) is 0 Å². The Morgan fingerprint density at radius 3 is 2.05 bits per heavy atom. The molecule has 2 amide bonds. The van der Waals surface area contributed by atoms with Gasteiger partial charge in [0, 0.05) is 25.6 Å². The molecule has 122 valence electrons. The summed E-state index contributed by atoms with van der Waals surface area (Å²) in [5, 5.41) is 3.07. The lowest BCUT2D eigenvalue weighted by Crippen LogP contribution is -2.48. The van der Waals surface area contributed by atoms with Crippen LogP contribution in [0.3, 0.4) is 0 Å². The summed E-state index contributed by atoms with van der Waals surface area (Å²) in [7, 11) is 0. The van der Waals surface area contributed by atoms with Crippen LogP contribution in [0.1, 0.15) is 60.8 Å². The zero-order valence-corrected chi connectivity index (χ0v) is 14.3. The molecule has 0 spiro atoms. The molecular weight excluding hydrogens is 268 g/mol. The first-order valence-corrected chi connectivity index (χ1v) is 7.73. The van der Waals surface area contributed by atoms with Crippen molar-refractivity contribution in [1.82, 2.24) is 10.2 Å². The quantitative estimate of drug-likeness (QED) is 0.852. The first kappa shape index (κ1) is 17.8. The van der Waals surface area contributed by atoms with E-state index in [4.69, 9.17) is 4.74 Å². The van der Waals surface area contributed by atoms with E-state index in [1.807, 2.05) is 20.8 Å². The highest BCUT2D eigenvalue weighted by atomic mass is 16.6. The fourth-order valence-corrected chi connectivity index (χ4v) is 2.29. The number of rotatable bonds is 2. The topological polar surface area (TPSA) is 58.6 Å². The van der Waals surface area contributed by atoms with E-state index >= 15 is 0 Å². The van der Waals surface area contributed by atoms with Crippen LogP contribution in [0.5, 0.6) is 0 Å². The molecule has 1 N–H and O–H groups in total. The van der Waals surface area contributed by atoms with Crippen LogP contribution in [0.2, 0.25) is 0 Å². The number of hydrogen-bond acceptors (Lipinski definition) is 3. The summed E-state index contributed by atoms with van der Waals surface area (Å²) in [6.07, 6.45) is 1.84. The van der Waals surface area contributed by atoms with Crippen LogP contribution in [0.25, 0.3) is 0 Å². The van der Waals surface area contributed by atoms with Crippen molar-refractivity contribution >= 4 is 12.0 Å². The van der Waals surface area contributed by atoms with E-state index in [1.165, 1.54) is 0 Å². The lowest BCUT2D eigenvalue weighted by Gasteiger charge is -2.34. The number of nitrogens with zero attached hydrogens (tertiary/aromatic N) is 1. The summed E-state index contributed by atoms with van der Waals surface area (Å²) in [5.41, 5.74) is -0.462. The molecule has 0 atom stereocenters. The van der Waals surface area contributed by atoms with Crippen LogP contribution in [-0.2, 0) is 9.53 Å². The highest BCUT2D eigenvalue weighted by Gasteiger charge is 2.28. The monoisotopic (exact) mass is 298 g/mol. The Labute approximate surface area is 128 Å². The SMILES string of the molecule is CC(C)(C)CC(=O)NC1CCN(C(=O)OC(C)(C)C)CC1. The van der Waals surface area contributed by atoms with Crippen molar-refractivity contribution in [3.8, 4) is 0 Å². The third-order valence-corrected chi connectivity index (χ3v) is 3.20. The van der Waals surface area contributed by atoms with Crippen molar-refractivity contribution < 1.29 is 14.3 Å². The van der Waals surface area contributed by atoms with Gasteiger partial charge in [0.25, 0.3) is 0 Å². The number of piperidine rings is 1. The smallest absolute Gasteiger partial charge is 0.410 e. The minimum Gasteiger partial charge on any atom is -0.444 e. The molecule has 0 unspecified atom stereocenters. The van der Waals surface area contributed by atoms with E-state index in [2.05, 4.69) is 26.1 Å². The summed E-state index contributed by atoms with van der Waals surface area (Å²) in [6, 6.07) is 0.165. The number of nitrogens with one attached hydrogen (secondary N) is 1. The summed E-state index contributed by atoms with van der Waals surface area (Å²) in [4.78, 5) is 25.6. The van der Waals surface area contributed by atoms with Crippen molar-refractivity contribution in [2.75, 3.05) is 13.1 Å². The molecule has 1 fully saturated rings. The molecule has 1 aliphatic heterocycles. The number of ether oxygens (including phenoxy) is 1. The van der Waals surface area contributed by atoms with Crippen LogP contribution in [0.4, 0.5) is 4.79 Å². The fourth-order valence-electron chi connectivity index (χ4n) is 2.29. The maximum atomic E-state index is 11.9. The molecule has 1 aliphatic rings. The van der Waals surface area contributed by atoms with Gasteiger partial charge in [-0.25, -0.2) is 4.79 Å². The molecule has 21 heavy (non-hydrogen) atoms. The van der Waals surface area contributed by atoms with Crippen molar-refractivity contribution in [3.05, 3.63) is 0 Å². The number of likely N-dealkylation sites (tertiary alicyclic amines) is 1. The Morgan fingerprint density at radius 1 is 1.10 bits per heavy atom. The summed E-state index contributed by atoms with van der Waals surface area (Å²) in [6.45, 7) is 13.0. The van der Waals surface area contributed by atoms with Gasteiger partial charge < -0.3 is 15.0 Å². The maximum absolute atomic E-state index is 11.9. The molecule has 1 heterocycles. The van der Waals surface area contributed by atoms with E-state index in [0.717, 1.165) is 12.8 Å². The molecule has 5 heteroatoms. The molecule has 0 radical (unpaired) electrons. The van der Waals surface area contributed by atoms with Gasteiger partial charge in [-0.05, 0) is 39.0 Å². The minimum atomic E-state index is -0.463. The summed E-state index contributed by atoms with van der Waals surface area (Å²) in [5.74, 6) is 0.0956. The van der Waals surface area contributed by atoms with Gasteiger partial charge in [-0.3, -0.25) is 4.79 Å². The number of hydrogen-bond donors (Lipinski definition) is 1. The standard InChI is InChI=1S/C16H30N2O3/c1-15(2,3)11-13(19)17-12-7-9-18(10-8-12)14(20)21-16(4,5)6/h12H,7-11H2,1-6H3,(H,17,19). The van der Waals surface area contributed by atoms with Crippen LogP contribution in [0, 0.1) is 5.41 Å². The molecule has 1 saturated heterocycles. The van der Waals surface area contributed by atoms with E-state index in [-0.39, 0.29) is 23.5 Å². The average molecular weight is 298 g/mol. The Hall–Kier alpha value is -1.26. The lowest BCUT2D eigenvalue weighted by atomic mass is 9.91. The maximum Gasteiger partial charge on any atom is 0.410 e. The first-order valence-electron chi connectivity index (χ1n) is 7.73. The zero-order valence-electron chi connectivity index (χ0n) is 14.3. The minimum absolute atomic E-state index is 0.00129. The van der Waals surface area contributed by atoms with E-state index in [1.54, 1.807) is 4.90 Å². The molecule has 0 aromatic rings. The van der Waals surface area contributed by atoms with Gasteiger partial charge in [0.2, 0.25) is 5.91 Å².